The van der Waals surface area contributed by atoms with Crippen molar-refractivity contribution < 1.29 is 4.42 Å². The normalized spacial score (nSPS) is 11.4. The van der Waals surface area contributed by atoms with Gasteiger partial charge in [0.05, 0.1) is 11.1 Å². The van der Waals surface area contributed by atoms with Crippen LogP contribution in [0.1, 0.15) is 0 Å². The molecule has 0 radical (unpaired) electrons. The van der Waals surface area contributed by atoms with Crippen molar-refractivity contribution in [1.29, 1.82) is 0 Å². The fourth-order valence-electron chi connectivity index (χ4n) is 8.29. The van der Waals surface area contributed by atoms with Gasteiger partial charge < -0.3 is 14.2 Å². The number of hydrogen-bond donors (Lipinski definition) is 0. The van der Waals surface area contributed by atoms with E-state index in [0.717, 1.165) is 56.1 Å². The van der Waals surface area contributed by atoms with Crippen LogP contribution in [0.5, 0.6) is 0 Å². The molecule has 3 nitrogen and oxygen atoms in total. The van der Waals surface area contributed by atoms with Crippen molar-refractivity contribution in [3.05, 3.63) is 218 Å². The summed E-state index contributed by atoms with van der Waals surface area (Å²) in [6, 6.07) is 77.9. The molecule has 274 valence electrons. The molecule has 0 fully saturated rings. The van der Waals surface area contributed by atoms with Gasteiger partial charge >= 0.3 is 0 Å². The van der Waals surface area contributed by atoms with Crippen LogP contribution in [0, 0.1) is 0 Å². The summed E-state index contributed by atoms with van der Waals surface area (Å²) in [4.78, 5) is 4.68. The van der Waals surface area contributed by atoms with Gasteiger partial charge in [-0.15, -0.1) is 11.3 Å². The van der Waals surface area contributed by atoms with Gasteiger partial charge in [0.1, 0.15) is 11.2 Å². The lowest BCUT2D eigenvalue weighted by molar-refractivity contribution is 0.669. The first-order valence-corrected chi connectivity index (χ1v) is 20.4. The Hall–Kier alpha value is -7.40. The van der Waals surface area contributed by atoms with Crippen LogP contribution in [0.15, 0.2) is 223 Å². The van der Waals surface area contributed by atoms with Crippen LogP contribution in [-0.2, 0) is 0 Å². The third kappa shape index (κ3) is 5.99. The second-order valence-electron chi connectivity index (χ2n) is 14.5. The molecule has 0 bridgehead atoms. The molecule has 0 N–H and O–H groups in total. The average Bonchev–Trinajstić information content (AvgIpc) is 3.86. The van der Waals surface area contributed by atoms with Crippen LogP contribution in [0.25, 0.3) is 64.4 Å². The molecule has 0 aliphatic carbocycles. The largest absolute Gasteiger partial charge is 0.456 e. The summed E-state index contributed by atoms with van der Waals surface area (Å²) in [6.07, 6.45) is 0. The van der Waals surface area contributed by atoms with Gasteiger partial charge in [0.25, 0.3) is 0 Å². The van der Waals surface area contributed by atoms with Crippen LogP contribution in [0.2, 0.25) is 0 Å². The molecule has 11 rings (SSSR count). The van der Waals surface area contributed by atoms with Crippen LogP contribution < -0.4 is 9.80 Å². The van der Waals surface area contributed by atoms with Gasteiger partial charge in [0.2, 0.25) is 0 Å². The monoisotopic (exact) mass is 760 g/mol. The summed E-state index contributed by atoms with van der Waals surface area (Å²) < 4.78 is 9.36. The number of para-hydroxylation sites is 1. The number of furan rings is 1. The van der Waals surface area contributed by atoms with Gasteiger partial charge in [-0.3, -0.25) is 0 Å². The van der Waals surface area contributed by atoms with E-state index in [9.17, 15) is 0 Å². The minimum Gasteiger partial charge on any atom is -0.456 e. The Morgan fingerprint density at radius 1 is 0.310 bits per heavy atom. The lowest BCUT2D eigenvalue weighted by Gasteiger charge is -2.26. The number of benzene rings is 9. The van der Waals surface area contributed by atoms with Crippen molar-refractivity contribution in [3.8, 4) is 22.3 Å². The fraction of sp³-hybridized carbons (Fsp3) is 0. The van der Waals surface area contributed by atoms with Crippen molar-refractivity contribution in [2.75, 3.05) is 9.80 Å². The van der Waals surface area contributed by atoms with E-state index in [1.165, 1.54) is 42.4 Å². The molecule has 0 aliphatic heterocycles. The van der Waals surface area contributed by atoms with Gasteiger partial charge in [0, 0.05) is 60.1 Å². The van der Waals surface area contributed by atoms with Crippen LogP contribution >= 0.6 is 11.3 Å². The number of rotatable bonds is 8. The van der Waals surface area contributed by atoms with Gasteiger partial charge in [-0.1, -0.05) is 133 Å². The molecular formula is C54H36N2OS. The second-order valence-corrected chi connectivity index (χ2v) is 15.6. The molecule has 0 spiro atoms. The molecule has 11 aromatic rings. The highest BCUT2D eigenvalue weighted by atomic mass is 32.1. The van der Waals surface area contributed by atoms with Gasteiger partial charge in [-0.25, -0.2) is 0 Å². The van der Waals surface area contributed by atoms with E-state index in [1.54, 1.807) is 0 Å². The maximum Gasteiger partial charge on any atom is 0.137 e. The van der Waals surface area contributed by atoms with Crippen molar-refractivity contribution in [1.82, 2.24) is 0 Å². The number of nitrogens with zero attached hydrogens (tertiary/aromatic N) is 2. The van der Waals surface area contributed by atoms with Crippen LogP contribution in [0.3, 0.4) is 0 Å². The summed E-state index contributed by atoms with van der Waals surface area (Å²) in [5, 5.41) is 4.73. The predicted octanol–water partition coefficient (Wildman–Crippen LogP) is 16.2. The zero-order chi connectivity index (χ0) is 38.4. The van der Waals surface area contributed by atoms with Gasteiger partial charge in [0.15, 0.2) is 0 Å². The summed E-state index contributed by atoms with van der Waals surface area (Å²) in [6.45, 7) is 0. The molecule has 0 amide bonds. The van der Waals surface area contributed by atoms with E-state index in [-0.39, 0.29) is 0 Å². The summed E-state index contributed by atoms with van der Waals surface area (Å²) in [5.41, 5.74) is 12.8. The van der Waals surface area contributed by atoms with E-state index in [0.29, 0.717) is 0 Å². The van der Waals surface area contributed by atoms with E-state index >= 15 is 0 Å². The number of thiophene rings is 1. The van der Waals surface area contributed by atoms with Crippen LogP contribution in [0.4, 0.5) is 34.1 Å². The molecular weight excluding hydrogens is 725 g/mol. The maximum atomic E-state index is 6.79. The molecule has 0 unspecified atom stereocenters. The minimum absolute atomic E-state index is 0.833. The molecule has 4 heteroatoms. The summed E-state index contributed by atoms with van der Waals surface area (Å²) in [7, 11) is 0. The SMILES string of the molecule is c1ccc(-c2ccc(N(c3ccc(-c4ccccc4)cc3)c3ccc4c(c3)oc3cccc(N(c5ccccc5)c5ccc6c(c5)sc5ccccc56)c34)cc2)cc1. The smallest absolute Gasteiger partial charge is 0.137 e. The Bertz CT molecular complexity index is 3120. The Balaban J connectivity index is 1.05. The Morgan fingerprint density at radius 3 is 1.47 bits per heavy atom. The molecule has 2 heterocycles. The first-order valence-electron chi connectivity index (χ1n) is 19.6. The van der Waals surface area contributed by atoms with Crippen molar-refractivity contribution >= 4 is 87.6 Å². The van der Waals surface area contributed by atoms with Crippen LogP contribution in [-0.4, -0.2) is 0 Å². The standard InChI is InChI=1S/C54H36N2OS/c1-4-13-37(14-5-1)39-23-27-42(28-24-39)55(43-29-25-40(26-30-43)38-15-6-2-7-16-38)44-32-34-48-51(35-44)57-50-21-12-20-49(54(48)50)56(41-17-8-3-9-18-41)45-31-33-47-46-19-10-11-22-52(46)58-53(47)36-45/h1-36H. The predicted molar refractivity (Wildman–Crippen MR) is 247 cm³/mol. The van der Waals surface area contributed by atoms with E-state index in [4.69, 9.17) is 4.42 Å². The third-order valence-corrected chi connectivity index (χ3v) is 12.2. The van der Waals surface area contributed by atoms with Gasteiger partial charge in [-0.2, -0.15) is 0 Å². The number of hydrogen-bond acceptors (Lipinski definition) is 4. The Kier molecular flexibility index (Phi) is 8.34. The maximum absolute atomic E-state index is 6.79. The molecule has 0 aliphatic rings. The molecule has 0 saturated carbocycles. The van der Waals surface area contributed by atoms with E-state index in [2.05, 4.69) is 228 Å². The second kappa shape index (κ2) is 14.3. The lowest BCUT2D eigenvalue weighted by atomic mass is 10.0. The first-order chi connectivity index (χ1) is 28.7. The first kappa shape index (κ1) is 33.9. The topological polar surface area (TPSA) is 19.6 Å². The van der Waals surface area contributed by atoms with Gasteiger partial charge in [-0.05, 0) is 101 Å². The summed E-state index contributed by atoms with van der Waals surface area (Å²) >= 11 is 1.84. The molecule has 0 saturated heterocycles. The lowest BCUT2D eigenvalue weighted by Crippen LogP contribution is -2.10. The summed E-state index contributed by atoms with van der Waals surface area (Å²) in [5.74, 6) is 0. The number of fused-ring (bicyclic) bond motifs is 6. The molecule has 58 heavy (non-hydrogen) atoms. The zero-order valence-electron chi connectivity index (χ0n) is 31.5. The van der Waals surface area contributed by atoms with E-state index in [1.807, 2.05) is 11.3 Å². The average molecular weight is 761 g/mol. The third-order valence-electron chi connectivity index (χ3n) is 11.1. The number of anilines is 6. The zero-order valence-corrected chi connectivity index (χ0v) is 32.3. The fourth-order valence-corrected chi connectivity index (χ4v) is 9.43. The quantitative estimate of drug-likeness (QED) is 0.154. The Labute approximate surface area is 340 Å². The van der Waals surface area contributed by atoms with Crippen molar-refractivity contribution in [2.45, 2.75) is 0 Å². The minimum atomic E-state index is 0.833. The molecule has 9 aromatic carbocycles. The molecule has 2 aromatic heterocycles. The highest BCUT2D eigenvalue weighted by Gasteiger charge is 2.22. The highest BCUT2D eigenvalue weighted by Crippen LogP contribution is 2.46. The van der Waals surface area contributed by atoms with Crippen molar-refractivity contribution in [3.63, 3.8) is 0 Å². The highest BCUT2D eigenvalue weighted by molar-refractivity contribution is 7.25. The van der Waals surface area contributed by atoms with E-state index < -0.39 is 0 Å². The molecule has 0 atom stereocenters. The van der Waals surface area contributed by atoms with Crippen molar-refractivity contribution in [2.24, 2.45) is 0 Å². The Morgan fingerprint density at radius 2 is 0.810 bits per heavy atom.